The van der Waals surface area contributed by atoms with Crippen LogP contribution in [0.1, 0.15) is 27.2 Å². The van der Waals surface area contributed by atoms with E-state index >= 15 is 0 Å². The molecule has 2 atom stereocenters. The number of rotatable bonds is 4. The van der Waals surface area contributed by atoms with Gasteiger partial charge in [0.25, 0.3) is 0 Å². The van der Waals surface area contributed by atoms with Gasteiger partial charge in [-0.3, -0.25) is 4.21 Å². The summed E-state index contributed by atoms with van der Waals surface area (Å²) in [4.78, 5) is 0. The lowest BCUT2D eigenvalue weighted by atomic mass is 10.3. The first-order valence-electron chi connectivity index (χ1n) is 3.69. The summed E-state index contributed by atoms with van der Waals surface area (Å²) < 4.78 is 11.3. The lowest BCUT2D eigenvalue weighted by Crippen LogP contribution is -2.21. The highest BCUT2D eigenvalue weighted by Gasteiger charge is 2.12. The molecule has 0 saturated carbocycles. The van der Waals surface area contributed by atoms with Crippen LogP contribution in [0.4, 0.5) is 0 Å². The maximum Gasteiger partial charge on any atom is 0.0334 e. The zero-order valence-electron chi connectivity index (χ0n) is 6.96. The van der Waals surface area contributed by atoms with Gasteiger partial charge in [-0.05, 0) is 13.0 Å². The Morgan fingerprint density at radius 1 is 1.40 bits per heavy atom. The molecule has 0 aromatic rings. The summed E-state index contributed by atoms with van der Waals surface area (Å²) >= 11 is 0. The summed E-state index contributed by atoms with van der Waals surface area (Å²) in [7, 11) is -0.696. The van der Waals surface area contributed by atoms with Crippen LogP contribution in [0, 0.1) is 0 Å². The van der Waals surface area contributed by atoms with Gasteiger partial charge in [0.1, 0.15) is 0 Å². The van der Waals surface area contributed by atoms with Crippen molar-refractivity contribution in [3.8, 4) is 0 Å². The van der Waals surface area contributed by atoms with Crippen LogP contribution in [-0.2, 0) is 10.8 Å². The molecule has 0 aromatic heterocycles. The average Bonchev–Trinajstić information content (AvgIpc) is 1.87. The van der Waals surface area contributed by atoms with E-state index in [9.17, 15) is 4.21 Å². The smallest absolute Gasteiger partial charge is 0.0334 e. The van der Waals surface area contributed by atoms with Crippen LogP contribution >= 0.6 is 0 Å². The number of hydrogen-bond acceptors (Lipinski definition) is 2. The molecule has 0 aromatic carbocycles. The van der Waals surface area contributed by atoms with E-state index in [1.54, 1.807) is 0 Å². The Balaban J connectivity index is 3.71. The van der Waals surface area contributed by atoms with Gasteiger partial charge in [-0.15, -0.1) is 0 Å². The Labute approximate surface area is 65.6 Å². The summed E-state index contributed by atoms with van der Waals surface area (Å²) in [6.45, 7) is 6.58. The molecule has 0 aliphatic heterocycles. The Morgan fingerprint density at radius 2 is 1.90 bits per heavy atom. The second-order valence-electron chi connectivity index (χ2n) is 2.77. The summed E-state index contributed by atoms with van der Waals surface area (Å²) in [6, 6.07) is 0. The predicted molar refractivity (Wildman–Crippen MR) is 46.4 cm³/mol. The van der Waals surface area contributed by atoms with Crippen LogP contribution in [0.25, 0.3) is 0 Å². The van der Waals surface area contributed by atoms with Gasteiger partial charge in [0.05, 0.1) is 0 Å². The fraction of sp³-hybridized carbons (Fsp3) is 1.00. The molecule has 2 nitrogen and oxygen atoms in total. The van der Waals surface area contributed by atoms with E-state index in [0.29, 0.717) is 6.54 Å². The SMILES string of the molecule is CC(C)S(=O)C(C)CCN. The first kappa shape index (κ1) is 10.1. The third kappa shape index (κ3) is 3.32. The maximum atomic E-state index is 11.3. The molecule has 0 heterocycles. The zero-order chi connectivity index (χ0) is 8.15. The van der Waals surface area contributed by atoms with E-state index in [-0.39, 0.29) is 10.5 Å². The van der Waals surface area contributed by atoms with Gasteiger partial charge in [-0.2, -0.15) is 0 Å². The maximum absolute atomic E-state index is 11.3. The Hall–Kier alpha value is 0.110. The van der Waals surface area contributed by atoms with Crippen molar-refractivity contribution in [2.45, 2.75) is 37.7 Å². The van der Waals surface area contributed by atoms with E-state index in [1.165, 1.54) is 0 Å². The second kappa shape index (κ2) is 4.85. The van der Waals surface area contributed by atoms with Crippen molar-refractivity contribution in [1.82, 2.24) is 0 Å². The molecule has 3 heteroatoms. The number of nitrogens with two attached hydrogens (primary N) is 1. The van der Waals surface area contributed by atoms with Crippen LogP contribution in [0.3, 0.4) is 0 Å². The molecule has 0 aliphatic carbocycles. The fourth-order valence-corrected chi connectivity index (χ4v) is 2.11. The van der Waals surface area contributed by atoms with Crippen LogP contribution in [0.5, 0.6) is 0 Å². The minimum absolute atomic E-state index is 0.255. The molecule has 0 saturated heterocycles. The van der Waals surface area contributed by atoms with Gasteiger partial charge < -0.3 is 5.73 Å². The first-order chi connectivity index (χ1) is 4.59. The first-order valence-corrected chi connectivity index (χ1v) is 4.96. The molecule has 0 amide bonds. The highest BCUT2D eigenvalue weighted by Crippen LogP contribution is 2.05. The predicted octanol–water partition coefficient (Wildman–Crippen LogP) is 0.881. The van der Waals surface area contributed by atoms with Crippen molar-refractivity contribution >= 4 is 10.8 Å². The molecule has 62 valence electrons. The van der Waals surface area contributed by atoms with Crippen LogP contribution < -0.4 is 5.73 Å². The van der Waals surface area contributed by atoms with Crippen molar-refractivity contribution < 1.29 is 4.21 Å². The highest BCUT2D eigenvalue weighted by atomic mass is 32.2. The van der Waals surface area contributed by atoms with Crippen molar-refractivity contribution in [3.05, 3.63) is 0 Å². The van der Waals surface area contributed by atoms with E-state index in [4.69, 9.17) is 5.73 Å². The molecule has 2 N–H and O–H groups in total. The Kier molecular flexibility index (Phi) is 4.91. The fourth-order valence-electron chi connectivity index (χ4n) is 0.815. The average molecular weight is 163 g/mol. The van der Waals surface area contributed by atoms with Crippen LogP contribution in [-0.4, -0.2) is 21.3 Å². The summed E-state index contributed by atoms with van der Waals surface area (Å²) in [5.74, 6) is 0. The molecule has 0 aliphatic rings. The second-order valence-corrected chi connectivity index (χ2v) is 5.17. The third-order valence-corrected chi connectivity index (χ3v) is 3.39. The monoisotopic (exact) mass is 163 g/mol. The van der Waals surface area contributed by atoms with Crippen molar-refractivity contribution in [1.29, 1.82) is 0 Å². The topological polar surface area (TPSA) is 43.1 Å². The van der Waals surface area contributed by atoms with Crippen LogP contribution in [0.15, 0.2) is 0 Å². The molecule has 0 spiro atoms. The van der Waals surface area contributed by atoms with E-state index < -0.39 is 10.8 Å². The van der Waals surface area contributed by atoms with Crippen molar-refractivity contribution in [3.63, 3.8) is 0 Å². The van der Waals surface area contributed by atoms with E-state index in [1.807, 2.05) is 20.8 Å². The van der Waals surface area contributed by atoms with E-state index in [0.717, 1.165) is 6.42 Å². The lowest BCUT2D eigenvalue weighted by Gasteiger charge is -2.12. The summed E-state index contributed by atoms with van der Waals surface area (Å²) in [5.41, 5.74) is 5.33. The Morgan fingerprint density at radius 3 is 2.20 bits per heavy atom. The highest BCUT2D eigenvalue weighted by molar-refractivity contribution is 7.86. The van der Waals surface area contributed by atoms with Gasteiger partial charge in [-0.1, -0.05) is 20.8 Å². The molecule has 0 bridgehead atoms. The zero-order valence-corrected chi connectivity index (χ0v) is 7.78. The summed E-state index contributed by atoms with van der Waals surface area (Å²) in [5, 5.41) is 0.520. The largest absolute Gasteiger partial charge is 0.330 e. The van der Waals surface area contributed by atoms with Crippen molar-refractivity contribution in [2.24, 2.45) is 5.73 Å². The molecule has 10 heavy (non-hydrogen) atoms. The molecule has 0 radical (unpaired) electrons. The third-order valence-electron chi connectivity index (χ3n) is 1.43. The van der Waals surface area contributed by atoms with Gasteiger partial charge in [0.2, 0.25) is 0 Å². The van der Waals surface area contributed by atoms with Gasteiger partial charge in [-0.25, -0.2) is 0 Å². The van der Waals surface area contributed by atoms with Gasteiger partial charge in [0.15, 0.2) is 0 Å². The molecule has 0 fully saturated rings. The molecule has 0 rings (SSSR count). The molecular weight excluding hydrogens is 146 g/mol. The quantitative estimate of drug-likeness (QED) is 0.668. The minimum atomic E-state index is -0.696. The number of hydrogen-bond donors (Lipinski definition) is 1. The molecule has 2 unspecified atom stereocenters. The van der Waals surface area contributed by atoms with Gasteiger partial charge in [0, 0.05) is 21.3 Å². The van der Waals surface area contributed by atoms with Crippen molar-refractivity contribution in [2.75, 3.05) is 6.54 Å². The van der Waals surface area contributed by atoms with Gasteiger partial charge >= 0.3 is 0 Å². The summed E-state index contributed by atoms with van der Waals surface area (Å²) in [6.07, 6.45) is 0.866. The normalized spacial score (nSPS) is 17.3. The minimum Gasteiger partial charge on any atom is -0.330 e. The lowest BCUT2D eigenvalue weighted by molar-refractivity contribution is 0.659. The van der Waals surface area contributed by atoms with E-state index in [2.05, 4.69) is 0 Å². The Bertz CT molecular complexity index is 114. The van der Waals surface area contributed by atoms with Crippen LogP contribution in [0.2, 0.25) is 0 Å². The standard InChI is InChI=1S/C7H17NOS/c1-6(2)10(9)7(3)4-5-8/h6-7H,4-5,8H2,1-3H3. The molecular formula is C7H17NOS.